The molecule has 7 heteroatoms. The monoisotopic (exact) mass is 320 g/mol. The lowest BCUT2D eigenvalue weighted by Crippen LogP contribution is -2.25. The van der Waals surface area contributed by atoms with E-state index >= 15 is 0 Å². The molecular weight excluding hydrogens is 300 g/mol. The molecule has 1 aromatic heterocycles. The van der Waals surface area contributed by atoms with Crippen LogP contribution >= 0.6 is 11.3 Å². The largest absolute Gasteiger partial charge is 0.494 e. The van der Waals surface area contributed by atoms with Crippen molar-refractivity contribution in [2.75, 3.05) is 19.7 Å². The van der Waals surface area contributed by atoms with Gasteiger partial charge >= 0.3 is 0 Å². The fraction of sp³-hybridized carbons (Fsp3) is 0.400. The van der Waals surface area contributed by atoms with Crippen LogP contribution < -0.4 is 15.8 Å². The van der Waals surface area contributed by atoms with E-state index in [1.54, 1.807) is 35.6 Å². The maximum atomic E-state index is 12.0. The summed E-state index contributed by atoms with van der Waals surface area (Å²) in [6, 6.07) is 7.09. The number of rotatable bonds is 8. The standard InChI is InChI=1S/C15H20N4O2S/c1-11-18-19-14(22-11)7-9-17-15(20)12-3-5-13(6-4-12)21-10-2-8-16/h3-6H,2,7-10,16H2,1H3,(H,17,20). The Bertz CT molecular complexity index is 598. The second-order valence-electron chi connectivity index (χ2n) is 4.74. The molecule has 6 nitrogen and oxygen atoms in total. The van der Waals surface area contributed by atoms with Gasteiger partial charge in [-0.2, -0.15) is 0 Å². The van der Waals surface area contributed by atoms with Crippen molar-refractivity contribution >= 4 is 17.2 Å². The number of ether oxygens (including phenoxy) is 1. The first-order chi connectivity index (χ1) is 10.7. The maximum Gasteiger partial charge on any atom is 0.251 e. The molecule has 0 fully saturated rings. The SMILES string of the molecule is Cc1nnc(CCNC(=O)c2ccc(OCCCN)cc2)s1. The Kier molecular flexibility index (Phi) is 6.29. The second-order valence-corrected chi connectivity index (χ2v) is 6.00. The van der Waals surface area contributed by atoms with E-state index in [2.05, 4.69) is 15.5 Å². The summed E-state index contributed by atoms with van der Waals surface area (Å²) in [5.74, 6) is 0.643. The van der Waals surface area contributed by atoms with E-state index < -0.39 is 0 Å². The highest BCUT2D eigenvalue weighted by atomic mass is 32.1. The minimum atomic E-state index is -0.102. The van der Waals surface area contributed by atoms with Gasteiger partial charge in [0.2, 0.25) is 0 Å². The third kappa shape index (κ3) is 5.09. The molecule has 1 amide bonds. The van der Waals surface area contributed by atoms with Crippen molar-refractivity contribution in [1.82, 2.24) is 15.5 Å². The number of carbonyl (C=O) groups excluding carboxylic acids is 1. The summed E-state index contributed by atoms with van der Waals surface area (Å²) in [7, 11) is 0. The number of nitrogens with two attached hydrogens (primary N) is 1. The van der Waals surface area contributed by atoms with Crippen LogP contribution in [0.1, 0.15) is 26.8 Å². The number of hydrogen-bond acceptors (Lipinski definition) is 6. The number of hydrogen-bond donors (Lipinski definition) is 2. The molecule has 118 valence electrons. The fourth-order valence-corrected chi connectivity index (χ4v) is 2.51. The summed E-state index contributed by atoms with van der Waals surface area (Å²) in [5.41, 5.74) is 6.02. The first-order valence-electron chi connectivity index (χ1n) is 7.19. The zero-order chi connectivity index (χ0) is 15.8. The lowest BCUT2D eigenvalue weighted by molar-refractivity contribution is 0.0954. The van der Waals surface area contributed by atoms with Gasteiger partial charge in [-0.05, 0) is 44.2 Å². The van der Waals surface area contributed by atoms with Crippen LogP contribution in [-0.2, 0) is 6.42 Å². The predicted molar refractivity (Wildman–Crippen MR) is 86.3 cm³/mol. The molecule has 0 saturated carbocycles. The number of nitrogens with zero attached hydrogens (tertiary/aromatic N) is 2. The molecule has 1 heterocycles. The molecule has 0 aliphatic rings. The summed E-state index contributed by atoms with van der Waals surface area (Å²) < 4.78 is 5.50. The van der Waals surface area contributed by atoms with E-state index in [-0.39, 0.29) is 5.91 Å². The van der Waals surface area contributed by atoms with Crippen molar-refractivity contribution in [2.45, 2.75) is 19.8 Å². The Morgan fingerprint density at radius 3 is 2.73 bits per heavy atom. The van der Waals surface area contributed by atoms with Gasteiger partial charge in [0.25, 0.3) is 5.91 Å². The topological polar surface area (TPSA) is 90.1 Å². The first kappa shape index (κ1) is 16.4. The molecule has 0 atom stereocenters. The van der Waals surface area contributed by atoms with Crippen LogP contribution in [0.5, 0.6) is 5.75 Å². The minimum Gasteiger partial charge on any atom is -0.494 e. The summed E-state index contributed by atoms with van der Waals surface area (Å²) in [5, 5.41) is 12.7. The molecule has 2 rings (SSSR count). The van der Waals surface area contributed by atoms with Crippen LogP contribution in [0.25, 0.3) is 0 Å². The molecule has 0 aliphatic heterocycles. The Hall–Kier alpha value is -1.99. The summed E-state index contributed by atoms with van der Waals surface area (Å²) in [6.45, 7) is 3.65. The average molecular weight is 320 g/mol. The van der Waals surface area contributed by atoms with Gasteiger partial charge in [0.05, 0.1) is 6.61 Å². The zero-order valence-corrected chi connectivity index (χ0v) is 13.4. The molecule has 0 aliphatic carbocycles. The number of aryl methyl sites for hydroxylation is 1. The van der Waals surface area contributed by atoms with Crippen LogP contribution in [0.15, 0.2) is 24.3 Å². The summed E-state index contributed by atoms with van der Waals surface area (Å²) in [4.78, 5) is 12.0. The van der Waals surface area contributed by atoms with Crippen LogP contribution in [-0.4, -0.2) is 35.8 Å². The number of aromatic nitrogens is 2. The maximum absolute atomic E-state index is 12.0. The molecule has 0 unspecified atom stereocenters. The van der Waals surface area contributed by atoms with Crippen molar-refractivity contribution in [1.29, 1.82) is 0 Å². The van der Waals surface area contributed by atoms with E-state index in [9.17, 15) is 4.79 Å². The van der Waals surface area contributed by atoms with E-state index in [0.29, 0.717) is 31.7 Å². The van der Waals surface area contributed by atoms with Crippen LogP contribution in [0.4, 0.5) is 0 Å². The fourth-order valence-electron chi connectivity index (χ4n) is 1.80. The highest BCUT2D eigenvalue weighted by Gasteiger charge is 2.06. The van der Waals surface area contributed by atoms with E-state index in [0.717, 1.165) is 22.2 Å². The van der Waals surface area contributed by atoms with Crippen molar-refractivity contribution in [2.24, 2.45) is 5.73 Å². The van der Waals surface area contributed by atoms with Crippen molar-refractivity contribution in [3.8, 4) is 5.75 Å². The zero-order valence-electron chi connectivity index (χ0n) is 12.5. The Labute approximate surface area is 133 Å². The van der Waals surface area contributed by atoms with Crippen molar-refractivity contribution < 1.29 is 9.53 Å². The molecule has 0 saturated heterocycles. The van der Waals surface area contributed by atoms with Gasteiger partial charge in [-0.25, -0.2) is 0 Å². The number of amides is 1. The molecule has 0 spiro atoms. The lowest BCUT2D eigenvalue weighted by atomic mass is 10.2. The van der Waals surface area contributed by atoms with Gasteiger partial charge in [0.1, 0.15) is 15.8 Å². The third-order valence-electron chi connectivity index (χ3n) is 2.93. The van der Waals surface area contributed by atoms with Gasteiger partial charge < -0.3 is 15.8 Å². The Morgan fingerprint density at radius 2 is 2.09 bits per heavy atom. The molecule has 0 bridgehead atoms. The van der Waals surface area contributed by atoms with E-state index in [1.807, 2.05) is 6.92 Å². The summed E-state index contributed by atoms with van der Waals surface area (Å²) in [6.07, 6.45) is 1.50. The highest BCUT2D eigenvalue weighted by molar-refractivity contribution is 7.11. The van der Waals surface area contributed by atoms with E-state index in [4.69, 9.17) is 10.5 Å². The van der Waals surface area contributed by atoms with Gasteiger partial charge in [-0.1, -0.05) is 0 Å². The normalized spacial score (nSPS) is 10.5. The third-order valence-corrected chi connectivity index (χ3v) is 3.82. The van der Waals surface area contributed by atoms with Crippen molar-refractivity contribution in [3.63, 3.8) is 0 Å². The van der Waals surface area contributed by atoms with Crippen LogP contribution in [0, 0.1) is 6.92 Å². The number of nitrogens with one attached hydrogen (secondary N) is 1. The molecule has 1 aromatic carbocycles. The highest BCUT2D eigenvalue weighted by Crippen LogP contribution is 2.12. The minimum absolute atomic E-state index is 0.102. The summed E-state index contributed by atoms with van der Waals surface area (Å²) >= 11 is 1.55. The lowest BCUT2D eigenvalue weighted by Gasteiger charge is -2.07. The Morgan fingerprint density at radius 1 is 1.32 bits per heavy atom. The number of carbonyl (C=O) groups is 1. The van der Waals surface area contributed by atoms with Gasteiger partial charge in [-0.3, -0.25) is 4.79 Å². The van der Waals surface area contributed by atoms with Crippen LogP contribution in [0.2, 0.25) is 0 Å². The van der Waals surface area contributed by atoms with E-state index in [1.165, 1.54) is 0 Å². The molecule has 22 heavy (non-hydrogen) atoms. The molecule has 0 radical (unpaired) electrons. The molecule has 3 N–H and O–H groups in total. The van der Waals surface area contributed by atoms with Gasteiger partial charge in [0, 0.05) is 18.5 Å². The quantitative estimate of drug-likeness (QED) is 0.720. The number of benzene rings is 1. The van der Waals surface area contributed by atoms with Crippen LogP contribution in [0.3, 0.4) is 0 Å². The average Bonchev–Trinajstić information content (AvgIpc) is 2.93. The first-order valence-corrected chi connectivity index (χ1v) is 8.01. The Balaban J connectivity index is 1.77. The molecular formula is C15H20N4O2S. The van der Waals surface area contributed by atoms with Gasteiger partial charge in [-0.15, -0.1) is 21.5 Å². The van der Waals surface area contributed by atoms with Crippen molar-refractivity contribution in [3.05, 3.63) is 39.8 Å². The second kappa shape index (κ2) is 8.45. The van der Waals surface area contributed by atoms with Gasteiger partial charge in [0.15, 0.2) is 0 Å². The predicted octanol–water partition coefficient (Wildman–Crippen LogP) is 1.55. The smallest absolute Gasteiger partial charge is 0.251 e. The molecule has 2 aromatic rings.